The summed E-state index contributed by atoms with van der Waals surface area (Å²) >= 11 is -1.40. The number of para-hydroxylation sites is 2. The largest absolute Gasteiger partial charge is 0.609 e. The van der Waals surface area contributed by atoms with Gasteiger partial charge >= 0.3 is 5.16 Å². The Hall–Kier alpha value is -1.20. The van der Waals surface area contributed by atoms with Crippen LogP contribution in [0.25, 0.3) is 11.0 Å². The van der Waals surface area contributed by atoms with Crippen LogP contribution in [0.1, 0.15) is 11.3 Å². The first-order valence-electron chi connectivity index (χ1n) is 8.84. The maximum absolute atomic E-state index is 13.3. The van der Waals surface area contributed by atoms with Gasteiger partial charge in [0.25, 0.3) is 0 Å². The van der Waals surface area contributed by atoms with E-state index in [1.54, 1.807) is 12.3 Å². The normalized spacial score (nSPS) is 16.5. The fraction of sp³-hybridized carbons (Fsp3) is 0.368. The maximum Gasteiger partial charge on any atom is 0.322 e. The first kappa shape index (κ1) is 22.5. The van der Waals surface area contributed by atoms with E-state index in [1.165, 1.54) is 0 Å². The molecule has 1 N–H and O–H groups in total. The van der Waals surface area contributed by atoms with Gasteiger partial charge in [0.2, 0.25) is 5.79 Å². The van der Waals surface area contributed by atoms with Gasteiger partial charge in [0.15, 0.2) is 5.75 Å². The number of hydrogen-bond acceptors (Lipinski definition) is 6. The number of imidazole rings is 1. The Kier molecular flexibility index (Phi) is 7.55. The smallest absolute Gasteiger partial charge is 0.322 e. The molecule has 3 heterocycles. The molecule has 1 saturated heterocycles. The van der Waals surface area contributed by atoms with Gasteiger partial charge in [0, 0.05) is 52.5 Å². The third-order valence-electron chi connectivity index (χ3n) is 4.57. The number of aromatic nitrogens is 3. The molecule has 1 fully saturated rings. The summed E-state index contributed by atoms with van der Waals surface area (Å²) in [5.41, 5.74) is 2.96. The van der Waals surface area contributed by atoms with Crippen molar-refractivity contribution in [2.24, 2.45) is 0 Å². The minimum Gasteiger partial charge on any atom is -0.609 e. The number of hydrogen-bond donors (Lipinski definition) is 1. The zero-order chi connectivity index (χ0) is 19.6. The molecule has 0 spiro atoms. The molecule has 1 atom stereocenters. The zero-order valence-corrected chi connectivity index (χ0v) is 19.1. The van der Waals surface area contributed by atoms with Crippen LogP contribution >= 0.6 is 0 Å². The SMILES string of the molecule is Cc1c(OCC2(CF)OCCO2)ccnc1C[S+]([O-])c1nc2ccccc2[nH]1.[Na]. The van der Waals surface area contributed by atoms with Crippen molar-refractivity contribution < 1.29 is 23.2 Å². The summed E-state index contributed by atoms with van der Waals surface area (Å²) < 4.78 is 42.5. The molecule has 1 unspecified atom stereocenters. The van der Waals surface area contributed by atoms with Crippen molar-refractivity contribution >= 4 is 51.8 Å². The van der Waals surface area contributed by atoms with Crippen LogP contribution in [0.15, 0.2) is 41.7 Å². The molecule has 1 aliphatic heterocycles. The van der Waals surface area contributed by atoms with Crippen LogP contribution < -0.4 is 4.74 Å². The summed E-state index contributed by atoms with van der Waals surface area (Å²) in [5.74, 6) is -0.643. The van der Waals surface area contributed by atoms with E-state index in [4.69, 9.17) is 14.2 Å². The molecule has 4 rings (SSSR count). The first-order valence-corrected chi connectivity index (χ1v) is 10.2. The summed E-state index contributed by atoms with van der Waals surface area (Å²) in [6.45, 7) is 1.64. The zero-order valence-electron chi connectivity index (χ0n) is 16.3. The number of nitrogens with one attached hydrogen (secondary N) is 1. The summed E-state index contributed by atoms with van der Waals surface area (Å²) in [5, 5.41) is 0.401. The standard InChI is InChI=1S/C19H20FN3O4S.Na/c1-13-16(10-28(24)18-22-14-4-2-3-5-15(14)23-18)21-7-6-17(13)25-12-19(11-20)26-8-9-27-19;/h2-7H,8-12H2,1H3,(H,22,23);. The van der Waals surface area contributed by atoms with Gasteiger partial charge in [-0.3, -0.25) is 9.97 Å². The Labute approximate surface area is 192 Å². The average molecular weight is 428 g/mol. The minimum absolute atomic E-state index is 0. The molecule has 2 aromatic heterocycles. The Balaban J connectivity index is 0.00000240. The summed E-state index contributed by atoms with van der Waals surface area (Å²) in [4.78, 5) is 11.8. The second-order valence-electron chi connectivity index (χ2n) is 6.46. The van der Waals surface area contributed by atoms with E-state index >= 15 is 0 Å². The molecule has 0 saturated carbocycles. The molecule has 10 heteroatoms. The van der Waals surface area contributed by atoms with Crippen molar-refractivity contribution in [1.29, 1.82) is 0 Å². The third-order valence-corrected chi connectivity index (χ3v) is 5.73. The van der Waals surface area contributed by atoms with Gasteiger partial charge in [-0.2, -0.15) is 4.98 Å². The van der Waals surface area contributed by atoms with E-state index in [9.17, 15) is 8.94 Å². The Morgan fingerprint density at radius 1 is 1.28 bits per heavy atom. The van der Waals surface area contributed by atoms with E-state index in [0.717, 1.165) is 16.6 Å². The van der Waals surface area contributed by atoms with Crippen molar-refractivity contribution in [1.82, 2.24) is 15.0 Å². The molecule has 1 aliphatic rings. The van der Waals surface area contributed by atoms with Crippen LogP contribution in [0.2, 0.25) is 0 Å². The predicted molar refractivity (Wildman–Crippen MR) is 107 cm³/mol. The van der Waals surface area contributed by atoms with Gasteiger partial charge in [-0.1, -0.05) is 12.1 Å². The Morgan fingerprint density at radius 2 is 2.03 bits per heavy atom. The Morgan fingerprint density at radius 3 is 2.76 bits per heavy atom. The summed E-state index contributed by atoms with van der Waals surface area (Å²) in [6.07, 6.45) is 1.58. The number of rotatable bonds is 7. The molecule has 3 aromatic rings. The molecule has 29 heavy (non-hydrogen) atoms. The van der Waals surface area contributed by atoms with E-state index in [0.29, 0.717) is 29.8 Å². The minimum atomic E-state index is -1.40. The second-order valence-corrected chi connectivity index (χ2v) is 7.83. The van der Waals surface area contributed by atoms with E-state index in [-0.39, 0.29) is 41.9 Å². The van der Waals surface area contributed by atoms with Crippen LogP contribution in [0.5, 0.6) is 5.75 Å². The van der Waals surface area contributed by atoms with Crippen LogP contribution in [0.3, 0.4) is 0 Å². The molecule has 7 nitrogen and oxygen atoms in total. The van der Waals surface area contributed by atoms with Crippen molar-refractivity contribution in [3.05, 3.63) is 47.8 Å². The van der Waals surface area contributed by atoms with Crippen LogP contribution in [0, 0.1) is 6.92 Å². The molecule has 0 bridgehead atoms. The number of alkyl halides is 1. The van der Waals surface area contributed by atoms with E-state index in [1.807, 2.05) is 31.2 Å². The number of fused-ring (bicyclic) bond motifs is 1. The van der Waals surface area contributed by atoms with Crippen molar-refractivity contribution in [3.63, 3.8) is 0 Å². The molecular formula is C19H20FN3NaO4S. The van der Waals surface area contributed by atoms with Gasteiger partial charge in [0.1, 0.15) is 19.0 Å². The second kappa shape index (κ2) is 9.74. The topological polar surface area (TPSA) is 92.3 Å². The van der Waals surface area contributed by atoms with Gasteiger partial charge in [-0.15, -0.1) is 0 Å². The monoisotopic (exact) mass is 428 g/mol. The molecule has 149 valence electrons. The Bertz CT molecular complexity index is 935. The number of H-pyrrole nitrogens is 1. The average Bonchev–Trinajstić information content (AvgIpc) is 3.36. The molecule has 0 amide bonds. The number of ether oxygens (including phenoxy) is 3. The summed E-state index contributed by atoms with van der Waals surface area (Å²) in [7, 11) is 0. The first-order chi connectivity index (χ1) is 13.6. The fourth-order valence-corrected chi connectivity index (χ4v) is 4.07. The van der Waals surface area contributed by atoms with E-state index < -0.39 is 23.6 Å². The number of aromatic amines is 1. The molecule has 1 radical (unpaired) electrons. The quantitative estimate of drug-likeness (QED) is 0.459. The van der Waals surface area contributed by atoms with Crippen LogP contribution in [-0.4, -0.2) is 81.3 Å². The fourth-order valence-electron chi connectivity index (χ4n) is 2.97. The predicted octanol–water partition coefficient (Wildman–Crippen LogP) is 2.28. The molecular weight excluding hydrogens is 408 g/mol. The number of halogens is 1. The number of pyridine rings is 1. The van der Waals surface area contributed by atoms with Crippen LogP contribution in [-0.2, 0) is 26.4 Å². The maximum atomic E-state index is 13.3. The number of benzene rings is 1. The molecule has 1 aromatic carbocycles. The third kappa shape index (κ3) is 4.93. The van der Waals surface area contributed by atoms with Gasteiger partial charge < -0.3 is 18.8 Å². The van der Waals surface area contributed by atoms with Crippen molar-refractivity contribution in [2.45, 2.75) is 23.6 Å². The van der Waals surface area contributed by atoms with Gasteiger partial charge in [-0.05, 0) is 25.1 Å². The van der Waals surface area contributed by atoms with Gasteiger partial charge in [0.05, 0.1) is 29.9 Å². The van der Waals surface area contributed by atoms with Crippen molar-refractivity contribution in [3.8, 4) is 5.75 Å². The number of nitrogens with zero attached hydrogens (tertiary/aromatic N) is 2. The van der Waals surface area contributed by atoms with E-state index in [2.05, 4.69) is 15.0 Å². The van der Waals surface area contributed by atoms with Crippen LogP contribution in [0.4, 0.5) is 4.39 Å². The molecule has 0 aliphatic carbocycles. The van der Waals surface area contributed by atoms with Gasteiger partial charge in [-0.25, -0.2) is 4.39 Å². The summed E-state index contributed by atoms with van der Waals surface area (Å²) in [6, 6.07) is 9.20. The van der Waals surface area contributed by atoms with Crippen molar-refractivity contribution in [2.75, 3.05) is 26.5 Å².